The molecule has 0 spiro atoms. The van der Waals surface area contributed by atoms with Crippen LogP contribution >= 0.6 is 0 Å². The molecule has 182 valence electrons. The van der Waals surface area contributed by atoms with Gasteiger partial charge in [0.2, 0.25) is 5.91 Å². The second-order valence-electron chi connectivity index (χ2n) is 8.69. The van der Waals surface area contributed by atoms with Crippen molar-refractivity contribution in [1.82, 2.24) is 9.80 Å². The van der Waals surface area contributed by atoms with Crippen molar-refractivity contribution < 1.29 is 27.4 Å². The SMILES string of the molecule is CC(c1cccc2c1OC(N1CCOCC1)=CC2C(=O)N(C)C)N(C)c1cc(F)cc(F)c1F. The van der Waals surface area contributed by atoms with E-state index in [1.807, 2.05) is 23.1 Å². The molecule has 0 aromatic heterocycles. The molecule has 2 unspecified atom stereocenters. The first-order valence-electron chi connectivity index (χ1n) is 11.1. The molecule has 2 heterocycles. The predicted molar refractivity (Wildman–Crippen MR) is 122 cm³/mol. The summed E-state index contributed by atoms with van der Waals surface area (Å²) in [6, 6.07) is 6.39. The van der Waals surface area contributed by atoms with Crippen LogP contribution in [0, 0.1) is 17.5 Å². The first-order chi connectivity index (χ1) is 16.2. The van der Waals surface area contributed by atoms with E-state index in [1.165, 1.54) is 9.80 Å². The van der Waals surface area contributed by atoms with Crippen molar-refractivity contribution in [3.8, 4) is 5.75 Å². The van der Waals surface area contributed by atoms with E-state index in [9.17, 15) is 18.0 Å². The predicted octanol–water partition coefficient (Wildman–Crippen LogP) is 4.04. The zero-order chi connectivity index (χ0) is 24.6. The minimum absolute atomic E-state index is 0.105. The number of hydrogen-bond donors (Lipinski definition) is 0. The van der Waals surface area contributed by atoms with E-state index in [0.29, 0.717) is 55.1 Å². The minimum Gasteiger partial charge on any atom is -0.441 e. The standard InChI is InChI=1S/C25H28F3N3O3/c1-15(30(4)21-13-16(26)12-20(27)23(21)28)17-6-5-7-18-19(25(32)29(2)3)14-22(34-24(17)18)31-8-10-33-11-9-31/h5-7,12-15,19H,8-11H2,1-4H3. The van der Waals surface area contributed by atoms with Crippen molar-refractivity contribution in [3.05, 3.63) is 70.9 Å². The Morgan fingerprint density at radius 3 is 2.50 bits per heavy atom. The van der Waals surface area contributed by atoms with Gasteiger partial charge in [0, 0.05) is 57.5 Å². The lowest BCUT2D eigenvalue weighted by atomic mass is 9.90. The molecule has 2 aliphatic heterocycles. The second kappa shape index (κ2) is 9.58. The van der Waals surface area contributed by atoms with Crippen molar-refractivity contribution in [1.29, 1.82) is 0 Å². The van der Waals surface area contributed by atoms with Crippen LogP contribution in [0.15, 0.2) is 42.3 Å². The third-order valence-corrected chi connectivity index (χ3v) is 6.34. The Kier molecular flexibility index (Phi) is 6.74. The van der Waals surface area contributed by atoms with Crippen molar-refractivity contribution in [2.45, 2.75) is 18.9 Å². The number of rotatable bonds is 5. The van der Waals surface area contributed by atoms with Gasteiger partial charge in [-0.25, -0.2) is 13.2 Å². The summed E-state index contributed by atoms with van der Waals surface area (Å²) in [5.41, 5.74) is 1.14. The highest BCUT2D eigenvalue weighted by atomic mass is 19.2. The average molecular weight is 476 g/mol. The van der Waals surface area contributed by atoms with Gasteiger partial charge in [0.15, 0.2) is 17.5 Å². The number of carbonyl (C=O) groups excluding carboxylic acids is 1. The molecule has 1 saturated heterocycles. The number of amides is 1. The normalized spacial score (nSPS) is 18.5. The van der Waals surface area contributed by atoms with E-state index in [0.717, 1.165) is 6.07 Å². The molecule has 4 rings (SSSR count). The van der Waals surface area contributed by atoms with E-state index < -0.39 is 29.4 Å². The maximum atomic E-state index is 14.5. The van der Waals surface area contributed by atoms with E-state index >= 15 is 0 Å². The molecule has 1 fully saturated rings. The van der Waals surface area contributed by atoms with Crippen LogP contribution in [0.3, 0.4) is 0 Å². The molecule has 0 aliphatic carbocycles. The van der Waals surface area contributed by atoms with Crippen LogP contribution in [-0.4, -0.2) is 63.2 Å². The summed E-state index contributed by atoms with van der Waals surface area (Å²) in [5, 5.41) is 0. The van der Waals surface area contributed by atoms with Crippen molar-refractivity contribution in [3.63, 3.8) is 0 Å². The molecule has 0 bridgehead atoms. The molecule has 0 saturated carbocycles. The van der Waals surface area contributed by atoms with Crippen LogP contribution in [0.25, 0.3) is 0 Å². The van der Waals surface area contributed by atoms with Crippen LogP contribution in [0.4, 0.5) is 18.9 Å². The highest BCUT2D eigenvalue weighted by Crippen LogP contribution is 2.43. The van der Waals surface area contributed by atoms with Crippen LogP contribution in [0.1, 0.15) is 30.0 Å². The molecule has 34 heavy (non-hydrogen) atoms. The van der Waals surface area contributed by atoms with E-state index in [-0.39, 0.29) is 11.6 Å². The van der Waals surface area contributed by atoms with E-state index in [4.69, 9.17) is 9.47 Å². The summed E-state index contributed by atoms with van der Waals surface area (Å²) in [4.78, 5) is 18.1. The van der Waals surface area contributed by atoms with Gasteiger partial charge in [-0.05, 0) is 13.0 Å². The zero-order valence-corrected chi connectivity index (χ0v) is 19.6. The second-order valence-corrected chi connectivity index (χ2v) is 8.69. The van der Waals surface area contributed by atoms with Gasteiger partial charge in [0.1, 0.15) is 11.6 Å². The molecule has 9 heteroatoms. The number of ether oxygens (including phenoxy) is 2. The van der Waals surface area contributed by atoms with Gasteiger partial charge in [-0.15, -0.1) is 0 Å². The van der Waals surface area contributed by atoms with Gasteiger partial charge in [-0.1, -0.05) is 18.2 Å². The summed E-state index contributed by atoms with van der Waals surface area (Å²) in [7, 11) is 4.95. The fourth-order valence-corrected chi connectivity index (χ4v) is 4.29. The molecule has 2 aromatic rings. The highest BCUT2D eigenvalue weighted by molar-refractivity contribution is 5.87. The molecule has 2 atom stereocenters. The minimum atomic E-state index is -1.26. The van der Waals surface area contributed by atoms with E-state index in [1.54, 1.807) is 34.1 Å². The molecule has 2 aliphatic rings. The van der Waals surface area contributed by atoms with Crippen LogP contribution in [0.2, 0.25) is 0 Å². The van der Waals surface area contributed by atoms with Gasteiger partial charge in [-0.2, -0.15) is 0 Å². The Balaban J connectivity index is 1.76. The summed E-state index contributed by atoms with van der Waals surface area (Å²) in [5.74, 6) is -2.88. The van der Waals surface area contributed by atoms with Crippen LogP contribution in [0.5, 0.6) is 5.75 Å². The summed E-state index contributed by atoms with van der Waals surface area (Å²) >= 11 is 0. The number of fused-ring (bicyclic) bond motifs is 1. The number of benzene rings is 2. The number of carbonyl (C=O) groups is 1. The lowest BCUT2D eigenvalue weighted by Gasteiger charge is -2.37. The summed E-state index contributed by atoms with van der Waals surface area (Å²) < 4.78 is 54.0. The number of morpholine rings is 1. The third kappa shape index (κ3) is 4.44. The van der Waals surface area contributed by atoms with Crippen molar-refractivity contribution in [2.24, 2.45) is 0 Å². The average Bonchev–Trinajstić information content (AvgIpc) is 2.84. The fraction of sp³-hybridized carbons (Fsp3) is 0.400. The smallest absolute Gasteiger partial charge is 0.233 e. The first kappa shape index (κ1) is 23.9. The van der Waals surface area contributed by atoms with Crippen molar-refractivity contribution in [2.75, 3.05) is 52.3 Å². The number of likely N-dealkylation sites (N-methyl/N-ethyl adjacent to an activating group) is 1. The molecule has 6 nitrogen and oxygen atoms in total. The number of para-hydroxylation sites is 1. The number of anilines is 1. The van der Waals surface area contributed by atoms with Gasteiger partial charge in [0.05, 0.1) is 30.9 Å². The van der Waals surface area contributed by atoms with Crippen LogP contribution < -0.4 is 9.64 Å². The Morgan fingerprint density at radius 2 is 1.82 bits per heavy atom. The lowest BCUT2D eigenvalue weighted by Crippen LogP contribution is -2.39. The van der Waals surface area contributed by atoms with Crippen LogP contribution in [-0.2, 0) is 9.53 Å². The number of nitrogens with zero attached hydrogens (tertiary/aromatic N) is 3. The van der Waals surface area contributed by atoms with E-state index in [2.05, 4.69) is 0 Å². The Bertz CT molecular complexity index is 1120. The summed E-state index contributed by atoms with van der Waals surface area (Å²) in [6.45, 7) is 4.12. The fourth-order valence-electron chi connectivity index (χ4n) is 4.29. The van der Waals surface area contributed by atoms with Gasteiger partial charge in [0.25, 0.3) is 0 Å². The molecule has 0 radical (unpaired) electrons. The summed E-state index contributed by atoms with van der Waals surface area (Å²) in [6.07, 6.45) is 1.82. The topological polar surface area (TPSA) is 45.3 Å². The van der Waals surface area contributed by atoms with Gasteiger partial charge in [-0.3, -0.25) is 4.79 Å². The Morgan fingerprint density at radius 1 is 1.12 bits per heavy atom. The first-order valence-corrected chi connectivity index (χ1v) is 11.1. The number of hydrogen-bond acceptors (Lipinski definition) is 5. The molecular formula is C25H28F3N3O3. The maximum Gasteiger partial charge on any atom is 0.233 e. The monoisotopic (exact) mass is 475 g/mol. The molecule has 0 N–H and O–H groups in total. The molecule has 1 amide bonds. The largest absolute Gasteiger partial charge is 0.441 e. The Labute approximate surface area is 197 Å². The molecular weight excluding hydrogens is 447 g/mol. The zero-order valence-electron chi connectivity index (χ0n) is 19.6. The van der Waals surface area contributed by atoms with Crippen molar-refractivity contribution >= 4 is 11.6 Å². The highest BCUT2D eigenvalue weighted by Gasteiger charge is 2.34. The molecule has 2 aromatic carbocycles. The third-order valence-electron chi connectivity index (χ3n) is 6.34. The lowest BCUT2D eigenvalue weighted by molar-refractivity contribution is -0.129. The number of halogens is 3. The Hall–Kier alpha value is -3.20. The quantitative estimate of drug-likeness (QED) is 0.611. The van der Waals surface area contributed by atoms with Gasteiger partial charge < -0.3 is 24.2 Å². The van der Waals surface area contributed by atoms with Gasteiger partial charge >= 0.3 is 0 Å². The maximum absolute atomic E-state index is 14.5.